The van der Waals surface area contributed by atoms with Crippen LogP contribution in [0.3, 0.4) is 0 Å². The zero-order valence-corrected chi connectivity index (χ0v) is 11.7. The van der Waals surface area contributed by atoms with Crippen molar-refractivity contribution in [1.82, 2.24) is 4.90 Å². The Balaban J connectivity index is 2.10. The monoisotopic (exact) mass is 280 g/mol. The Kier molecular flexibility index (Phi) is 5.27. The third-order valence-corrected chi connectivity index (χ3v) is 3.81. The van der Waals surface area contributed by atoms with Gasteiger partial charge in [-0.25, -0.2) is 0 Å². The smallest absolute Gasteiger partial charge is 0.0816 e. The molecule has 1 saturated heterocycles. The molecular weight excluding hydrogens is 260 g/mol. The van der Waals surface area contributed by atoms with E-state index in [0.717, 1.165) is 18.7 Å². The van der Waals surface area contributed by atoms with Gasteiger partial charge in [0.15, 0.2) is 0 Å². The highest BCUT2D eigenvalue weighted by Gasteiger charge is 2.26. The van der Waals surface area contributed by atoms with E-state index in [0.29, 0.717) is 18.2 Å². The van der Waals surface area contributed by atoms with Crippen LogP contribution in [-0.4, -0.2) is 53.9 Å². The molecule has 0 bridgehead atoms. The minimum Gasteiger partial charge on any atom is -0.395 e. The summed E-state index contributed by atoms with van der Waals surface area (Å²) in [5.41, 5.74) is 7.01. The van der Waals surface area contributed by atoms with E-state index in [2.05, 4.69) is 4.90 Å². The van der Waals surface area contributed by atoms with E-state index in [-0.39, 0.29) is 18.6 Å². The molecular formula is C14H20N2O2S. The molecule has 0 saturated carbocycles. The second-order valence-corrected chi connectivity index (χ2v) is 5.24. The number of morpholine rings is 1. The molecule has 1 aliphatic rings. The van der Waals surface area contributed by atoms with Crippen LogP contribution in [0.5, 0.6) is 0 Å². The van der Waals surface area contributed by atoms with Gasteiger partial charge in [-0.05, 0) is 5.56 Å². The SMILES string of the molecule is NC(=S)C(CN1CCOCC1CO)c1ccccc1. The number of nitrogens with zero attached hydrogens (tertiary/aromatic N) is 1. The first-order chi connectivity index (χ1) is 9.22. The molecule has 0 aromatic heterocycles. The normalized spacial score (nSPS) is 22.1. The van der Waals surface area contributed by atoms with Crippen molar-refractivity contribution >= 4 is 17.2 Å². The summed E-state index contributed by atoms with van der Waals surface area (Å²) in [4.78, 5) is 2.70. The van der Waals surface area contributed by atoms with Gasteiger partial charge in [-0.3, -0.25) is 4.90 Å². The fourth-order valence-corrected chi connectivity index (χ4v) is 2.59. The van der Waals surface area contributed by atoms with Gasteiger partial charge in [0.25, 0.3) is 0 Å². The van der Waals surface area contributed by atoms with Crippen LogP contribution in [0.4, 0.5) is 0 Å². The molecule has 0 aliphatic carbocycles. The van der Waals surface area contributed by atoms with Gasteiger partial charge < -0.3 is 15.6 Å². The summed E-state index contributed by atoms with van der Waals surface area (Å²) >= 11 is 5.20. The molecule has 2 unspecified atom stereocenters. The molecule has 0 spiro atoms. The highest BCUT2D eigenvalue weighted by Crippen LogP contribution is 2.20. The van der Waals surface area contributed by atoms with Crippen molar-refractivity contribution in [1.29, 1.82) is 0 Å². The number of thiocarbonyl (C=S) groups is 1. The van der Waals surface area contributed by atoms with Crippen LogP contribution >= 0.6 is 12.2 Å². The number of benzene rings is 1. The summed E-state index contributed by atoms with van der Waals surface area (Å²) in [6.45, 7) is 2.88. The number of hydrogen-bond donors (Lipinski definition) is 2. The van der Waals surface area contributed by atoms with E-state index in [4.69, 9.17) is 22.7 Å². The Morgan fingerprint density at radius 1 is 1.47 bits per heavy atom. The fourth-order valence-electron chi connectivity index (χ4n) is 2.38. The molecule has 1 aromatic rings. The standard InChI is InChI=1S/C14H20N2O2S/c15-14(19)13(11-4-2-1-3-5-11)8-16-6-7-18-10-12(16)9-17/h1-5,12-13,17H,6-10H2,(H2,15,19). The van der Waals surface area contributed by atoms with Gasteiger partial charge in [-0.1, -0.05) is 42.5 Å². The summed E-state index contributed by atoms with van der Waals surface area (Å²) in [5.74, 6) is 0.0170. The number of rotatable bonds is 5. The van der Waals surface area contributed by atoms with Crippen LogP contribution in [0.2, 0.25) is 0 Å². The van der Waals surface area contributed by atoms with Crippen molar-refractivity contribution in [2.75, 3.05) is 32.9 Å². The molecule has 0 radical (unpaired) electrons. The van der Waals surface area contributed by atoms with E-state index in [1.54, 1.807) is 0 Å². The van der Waals surface area contributed by atoms with Gasteiger partial charge >= 0.3 is 0 Å². The molecule has 4 nitrogen and oxygen atoms in total. The van der Waals surface area contributed by atoms with Crippen molar-refractivity contribution in [2.24, 2.45) is 5.73 Å². The first-order valence-electron chi connectivity index (χ1n) is 6.49. The molecule has 2 atom stereocenters. The summed E-state index contributed by atoms with van der Waals surface area (Å²) < 4.78 is 5.39. The maximum Gasteiger partial charge on any atom is 0.0816 e. The van der Waals surface area contributed by atoms with Crippen molar-refractivity contribution in [3.63, 3.8) is 0 Å². The average molecular weight is 280 g/mol. The Labute approximate surface area is 119 Å². The minimum atomic E-state index is 0.0170. The van der Waals surface area contributed by atoms with E-state index in [1.807, 2.05) is 30.3 Å². The van der Waals surface area contributed by atoms with Gasteiger partial charge in [0, 0.05) is 19.0 Å². The number of hydrogen-bond acceptors (Lipinski definition) is 4. The van der Waals surface area contributed by atoms with Crippen molar-refractivity contribution < 1.29 is 9.84 Å². The van der Waals surface area contributed by atoms with Crippen LogP contribution in [0.15, 0.2) is 30.3 Å². The van der Waals surface area contributed by atoms with Crippen LogP contribution < -0.4 is 5.73 Å². The Bertz CT molecular complexity index is 413. The Hall–Kier alpha value is -1.01. The second kappa shape index (κ2) is 6.96. The lowest BCUT2D eigenvalue weighted by Gasteiger charge is -2.36. The van der Waals surface area contributed by atoms with Crippen LogP contribution in [0.1, 0.15) is 11.5 Å². The first-order valence-corrected chi connectivity index (χ1v) is 6.90. The van der Waals surface area contributed by atoms with E-state index in [1.165, 1.54) is 0 Å². The lowest BCUT2D eigenvalue weighted by Crippen LogP contribution is -2.50. The third kappa shape index (κ3) is 3.73. The predicted molar refractivity (Wildman–Crippen MR) is 79.2 cm³/mol. The largest absolute Gasteiger partial charge is 0.395 e. The van der Waals surface area contributed by atoms with E-state index < -0.39 is 0 Å². The predicted octanol–water partition coefficient (Wildman–Crippen LogP) is 0.749. The molecule has 1 fully saturated rings. The second-order valence-electron chi connectivity index (χ2n) is 4.77. The molecule has 1 aliphatic heterocycles. The minimum absolute atomic E-state index is 0.0170. The molecule has 3 N–H and O–H groups in total. The van der Waals surface area contributed by atoms with E-state index >= 15 is 0 Å². The van der Waals surface area contributed by atoms with Gasteiger partial charge in [0.2, 0.25) is 0 Å². The lowest BCUT2D eigenvalue weighted by atomic mass is 9.97. The molecule has 0 amide bonds. The molecule has 2 rings (SSSR count). The van der Waals surface area contributed by atoms with Crippen LogP contribution in [0.25, 0.3) is 0 Å². The molecule has 19 heavy (non-hydrogen) atoms. The zero-order chi connectivity index (χ0) is 13.7. The highest BCUT2D eigenvalue weighted by atomic mass is 32.1. The van der Waals surface area contributed by atoms with Gasteiger partial charge in [-0.15, -0.1) is 0 Å². The zero-order valence-electron chi connectivity index (χ0n) is 10.9. The topological polar surface area (TPSA) is 58.7 Å². The third-order valence-electron chi connectivity index (χ3n) is 3.52. The van der Waals surface area contributed by atoms with Crippen molar-refractivity contribution in [3.05, 3.63) is 35.9 Å². The quantitative estimate of drug-likeness (QED) is 0.780. The van der Waals surface area contributed by atoms with Crippen LogP contribution in [-0.2, 0) is 4.74 Å². The molecule has 5 heteroatoms. The average Bonchev–Trinajstić information content (AvgIpc) is 2.45. The fraction of sp³-hybridized carbons (Fsp3) is 0.500. The van der Waals surface area contributed by atoms with Gasteiger partial charge in [0.1, 0.15) is 0 Å². The number of ether oxygens (including phenoxy) is 1. The van der Waals surface area contributed by atoms with Crippen LogP contribution in [0, 0.1) is 0 Å². The summed E-state index contributed by atoms with van der Waals surface area (Å²) in [7, 11) is 0. The molecule has 1 heterocycles. The first kappa shape index (κ1) is 14.4. The lowest BCUT2D eigenvalue weighted by molar-refractivity contribution is -0.0276. The van der Waals surface area contributed by atoms with E-state index in [9.17, 15) is 5.11 Å². The summed E-state index contributed by atoms with van der Waals surface area (Å²) in [5, 5.41) is 9.40. The number of aliphatic hydroxyl groups is 1. The maximum absolute atomic E-state index is 9.40. The summed E-state index contributed by atoms with van der Waals surface area (Å²) in [6, 6.07) is 10.1. The number of aliphatic hydroxyl groups excluding tert-OH is 1. The van der Waals surface area contributed by atoms with Gasteiger partial charge in [-0.2, -0.15) is 0 Å². The molecule has 1 aromatic carbocycles. The Morgan fingerprint density at radius 2 is 2.21 bits per heavy atom. The molecule has 104 valence electrons. The highest BCUT2D eigenvalue weighted by molar-refractivity contribution is 7.80. The summed E-state index contributed by atoms with van der Waals surface area (Å²) in [6.07, 6.45) is 0. The maximum atomic E-state index is 9.40. The Morgan fingerprint density at radius 3 is 2.84 bits per heavy atom. The number of nitrogens with two attached hydrogens (primary N) is 1. The van der Waals surface area contributed by atoms with Crippen molar-refractivity contribution in [2.45, 2.75) is 12.0 Å². The van der Waals surface area contributed by atoms with Crippen molar-refractivity contribution in [3.8, 4) is 0 Å². The van der Waals surface area contributed by atoms with Gasteiger partial charge in [0.05, 0.1) is 30.9 Å².